The van der Waals surface area contributed by atoms with Crippen molar-refractivity contribution in [3.8, 4) is 11.3 Å². The van der Waals surface area contributed by atoms with E-state index in [-0.39, 0.29) is 22.7 Å². The van der Waals surface area contributed by atoms with Crippen LogP contribution < -0.4 is 5.32 Å². The van der Waals surface area contributed by atoms with E-state index in [1.54, 1.807) is 6.07 Å². The summed E-state index contributed by atoms with van der Waals surface area (Å²) in [7, 11) is -2.96. The molecule has 0 unspecified atom stereocenters. The van der Waals surface area contributed by atoms with Gasteiger partial charge in [-0.2, -0.15) is 0 Å². The van der Waals surface area contributed by atoms with Gasteiger partial charge in [-0.1, -0.05) is 30.3 Å². The zero-order valence-electron chi connectivity index (χ0n) is 17.1. The monoisotopic (exact) mass is 463 g/mol. The lowest BCUT2D eigenvalue weighted by molar-refractivity contribution is 0.102. The Morgan fingerprint density at radius 3 is 2.56 bits per heavy atom. The van der Waals surface area contributed by atoms with Crippen LogP contribution in [0.4, 0.5) is 5.69 Å². The number of pyridine rings is 1. The van der Waals surface area contributed by atoms with Crippen LogP contribution in [-0.4, -0.2) is 40.5 Å². The van der Waals surface area contributed by atoms with E-state index in [1.165, 1.54) is 11.8 Å². The molecule has 1 aliphatic heterocycles. The number of sulfone groups is 1. The minimum absolute atomic E-state index is 0.0151. The summed E-state index contributed by atoms with van der Waals surface area (Å²) in [4.78, 5) is 18.4. The number of hydrogen-bond donors (Lipinski definition) is 1. The van der Waals surface area contributed by atoms with Gasteiger partial charge in [-0.05, 0) is 42.8 Å². The van der Waals surface area contributed by atoms with E-state index < -0.39 is 9.84 Å². The van der Waals surface area contributed by atoms with Crippen molar-refractivity contribution in [2.45, 2.75) is 16.6 Å². The molecule has 3 heterocycles. The second-order valence-electron chi connectivity index (χ2n) is 7.76. The standard InChI is InChI=1S/C24H21N3O3S2/c28-24(20-5-1-2-6-22(20)31-19-12-14-32(29,30)16-19)25-18-10-8-17(9-11-18)21-15-27-13-4-3-7-23(27)26-21/h1-11,13,15,19H,12,14,16H2,(H,25,28)/t19-/m1/s1. The third-order valence-electron chi connectivity index (χ3n) is 5.42. The number of nitrogens with one attached hydrogen (secondary N) is 1. The number of aromatic nitrogens is 2. The largest absolute Gasteiger partial charge is 0.322 e. The molecule has 32 heavy (non-hydrogen) atoms. The first-order valence-electron chi connectivity index (χ1n) is 10.3. The van der Waals surface area contributed by atoms with Crippen LogP contribution in [0.15, 0.2) is 84.0 Å². The predicted molar refractivity (Wildman–Crippen MR) is 128 cm³/mol. The molecule has 0 aliphatic carbocycles. The fourth-order valence-electron chi connectivity index (χ4n) is 3.79. The van der Waals surface area contributed by atoms with Gasteiger partial charge in [0.15, 0.2) is 9.84 Å². The van der Waals surface area contributed by atoms with E-state index in [9.17, 15) is 13.2 Å². The molecule has 0 spiro atoms. The van der Waals surface area contributed by atoms with E-state index in [2.05, 4.69) is 10.3 Å². The second kappa shape index (κ2) is 8.44. The number of amides is 1. The highest BCUT2D eigenvalue weighted by molar-refractivity contribution is 8.02. The molecule has 1 N–H and O–H groups in total. The summed E-state index contributed by atoms with van der Waals surface area (Å²) in [5, 5.41) is 2.93. The number of thioether (sulfide) groups is 1. The number of imidazole rings is 1. The van der Waals surface area contributed by atoms with Gasteiger partial charge in [0.1, 0.15) is 5.65 Å². The molecule has 8 heteroatoms. The first-order chi connectivity index (χ1) is 15.5. The zero-order chi connectivity index (χ0) is 22.1. The topological polar surface area (TPSA) is 80.5 Å². The van der Waals surface area contributed by atoms with Crippen molar-refractivity contribution >= 4 is 38.8 Å². The third kappa shape index (κ3) is 4.42. The van der Waals surface area contributed by atoms with E-state index >= 15 is 0 Å². The van der Waals surface area contributed by atoms with Gasteiger partial charge in [0.05, 0.1) is 22.8 Å². The summed E-state index contributed by atoms with van der Waals surface area (Å²) < 4.78 is 25.5. The molecule has 1 fully saturated rings. The van der Waals surface area contributed by atoms with E-state index in [4.69, 9.17) is 0 Å². The molecule has 5 rings (SSSR count). The highest BCUT2D eigenvalue weighted by Crippen LogP contribution is 2.33. The maximum Gasteiger partial charge on any atom is 0.256 e. The molecule has 1 atom stereocenters. The Kier molecular flexibility index (Phi) is 5.48. The van der Waals surface area contributed by atoms with Crippen molar-refractivity contribution in [3.05, 3.63) is 84.7 Å². The molecule has 2 aromatic heterocycles. The van der Waals surface area contributed by atoms with Gasteiger partial charge in [-0.25, -0.2) is 13.4 Å². The quantitative estimate of drug-likeness (QED) is 0.470. The number of benzene rings is 2. The number of carbonyl (C=O) groups is 1. The molecule has 0 radical (unpaired) electrons. The molecule has 0 saturated carbocycles. The SMILES string of the molecule is O=C(Nc1ccc(-c2cn3ccccc3n2)cc1)c1ccccc1S[C@@H]1CCS(=O)(=O)C1. The Bertz CT molecular complexity index is 1360. The summed E-state index contributed by atoms with van der Waals surface area (Å²) in [5.41, 5.74) is 3.94. The summed E-state index contributed by atoms with van der Waals surface area (Å²) in [6.45, 7) is 0. The Hall–Kier alpha value is -3.10. The zero-order valence-corrected chi connectivity index (χ0v) is 18.8. The maximum atomic E-state index is 13.0. The predicted octanol–water partition coefficient (Wildman–Crippen LogP) is 4.53. The fourth-order valence-corrected chi connectivity index (χ4v) is 7.41. The molecule has 162 valence electrons. The highest BCUT2D eigenvalue weighted by Gasteiger charge is 2.29. The molecular formula is C24H21N3O3S2. The first-order valence-corrected chi connectivity index (χ1v) is 13.0. The molecule has 0 bridgehead atoms. The fraction of sp³-hybridized carbons (Fsp3) is 0.167. The van der Waals surface area contributed by atoms with Crippen molar-refractivity contribution in [3.63, 3.8) is 0 Å². The summed E-state index contributed by atoms with van der Waals surface area (Å²) in [6.07, 6.45) is 4.55. The Morgan fingerprint density at radius 2 is 1.81 bits per heavy atom. The van der Waals surface area contributed by atoms with Crippen molar-refractivity contribution in [2.24, 2.45) is 0 Å². The van der Waals surface area contributed by atoms with Gasteiger partial charge in [-0.3, -0.25) is 4.79 Å². The average molecular weight is 464 g/mol. The van der Waals surface area contributed by atoms with Crippen LogP contribution in [0.5, 0.6) is 0 Å². The van der Waals surface area contributed by atoms with Crippen LogP contribution in [0.1, 0.15) is 16.8 Å². The first kappa shape index (κ1) is 20.8. The number of rotatable bonds is 5. The van der Waals surface area contributed by atoms with Gasteiger partial charge in [-0.15, -0.1) is 11.8 Å². The summed E-state index contributed by atoms with van der Waals surface area (Å²) in [6, 6.07) is 20.8. The highest BCUT2D eigenvalue weighted by atomic mass is 32.2. The van der Waals surface area contributed by atoms with Gasteiger partial charge in [0.2, 0.25) is 0 Å². The van der Waals surface area contributed by atoms with E-state index in [0.717, 1.165) is 21.8 Å². The Balaban J connectivity index is 1.31. The van der Waals surface area contributed by atoms with E-state index in [0.29, 0.717) is 17.7 Å². The maximum absolute atomic E-state index is 13.0. The number of carbonyl (C=O) groups excluding carboxylic acids is 1. The van der Waals surface area contributed by atoms with Gasteiger partial charge in [0, 0.05) is 33.8 Å². The minimum atomic E-state index is -2.96. The molecule has 1 amide bonds. The lowest BCUT2D eigenvalue weighted by Gasteiger charge is -2.13. The average Bonchev–Trinajstić information content (AvgIpc) is 3.37. The van der Waals surface area contributed by atoms with Crippen LogP contribution in [-0.2, 0) is 9.84 Å². The molecular weight excluding hydrogens is 442 g/mol. The van der Waals surface area contributed by atoms with Crippen LogP contribution in [0.2, 0.25) is 0 Å². The van der Waals surface area contributed by atoms with E-state index in [1.807, 2.05) is 77.5 Å². The van der Waals surface area contributed by atoms with Crippen molar-refractivity contribution in [1.29, 1.82) is 0 Å². The summed E-state index contributed by atoms with van der Waals surface area (Å²) >= 11 is 1.47. The number of anilines is 1. The Morgan fingerprint density at radius 1 is 1.03 bits per heavy atom. The molecule has 4 aromatic rings. The van der Waals surface area contributed by atoms with Crippen molar-refractivity contribution in [2.75, 3.05) is 16.8 Å². The van der Waals surface area contributed by atoms with Crippen LogP contribution in [0, 0.1) is 0 Å². The number of fused-ring (bicyclic) bond motifs is 1. The summed E-state index contributed by atoms with van der Waals surface area (Å²) in [5.74, 6) is 0.171. The molecule has 2 aromatic carbocycles. The lowest BCUT2D eigenvalue weighted by atomic mass is 10.1. The smallest absolute Gasteiger partial charge is 0.256 e. The van der Waals surface area contributed by atoms with Crippen LogP contribution in [0.25, 0.3) is 16.9 Å². The third-order valence-corrected chi connectivity index (χ3v) is 8.74. The van der Waals surface area contributed by atoms with Crippen LogP contribution >= 0.6 is 11.8 Å². The second-order valence-corrected chi connectivity index (χ2v) is 11.3. The number of hydrogen-bond acceptors (Lipinski definition) is 5. The Labute approximate surface area is 190 Å². The van der Waals surface area contributed by atoms with Gasteiger partial charge >= 0.3 is 0 Å². The number of nitrogens with zero attached hydrogens (tertiary/aromatic N) is 2. The molecule has 1 saturated heterocycles. The molecule has 6 nitrogen and oxygen atoms in total. The van der Waals surface area contributed by atoms with Crippen LogP contribution in [0.3, 0.4) is 0 Å². The van der Waals surface area contributed by atoms with Gasteiger partial charge < -0.3 is 9.72 Å². The van der Waals surface area contributed by atoms with Gasteiger partial charge in [0.25, 0.3) is 5.91 Å². The molecule has 1 aliphatic rings. The van der Waals surface area contributed by atoms with Crippen molar-refractivity contribution < 1.29 is 13.2 Å². The normalized spacial score (nSPS) is 17.4. The van der Waals surface area contributed by atoms with Crippen molar-refractivity contribution in [1.82, 2.24) is 9.38 Å². The lowest BCUT2D eigenvalue weighted by Crippen LogP contribution is -2.14. The minimum Gasteiger partial charge on any atom is -0.322 e.